The smallest absolute Gasteiger partial charge is 0.225 e. The highest BCUT2D eigenvalue weighted by molar-refractivity contribution is 7.08. The summed E-state index contributed by atoms with van der Waals surface area (Å²) in [5.74, 6) is 1.49. The highest BCUT2D eigenvalue weighted by Crippen LogP contribution is 2.36. The van der Waals surface area contributed by atoms with E-state index in [1.807, 2.05) is 38.1 Å². The molecular weight excluding hydrogens is 492 g/mol. The molecule has 0 aliphatic heterocycles. The van der Waals surface area contributed by atoms with Gasteiger partial charge in [-0.2, -0.15) is 11.3 Å². The van der Waals surface area contributed by atoms with Gasteiger partial charge in [0.1, 0.15) is 5.82 Å². The van der Waals surface area contributed by atoms with Gasteiger partial charge in [-0.1, -0.05) is 24.3 Å². The van der Waals surface area contributed by atoms with E-state index in [-0.39, 0.29) is 11.8 Å². The molecule has 2 saturated carbocycles. The summed E-state index contributed by atoms with van der Waals surface area (Å²) in [5, 5.41) is 7.22. The number of nitrogens with two attached hydrogens (primary N) is 1. The summed E-state index contributed by atoms with van der Waals surface area (Å²) in [6.07, 6.45) is 8.32. The predicted molar refractivity (Wildman–Crippen MR) is 155 cm³/mol. The van der Waals surface area contributed by atoms with Crippen molar-refractivity contribution in [2.24, 2.45) is 17.6 Å². The van der Waals surface area contributed by atoms with Gasteiger partial charge in [0, 0.05) is 42.7 Å². The minimum absolute atomic E-state index is 0.00177. The van der Waals surface area contributed by atoms with E-state index >= 15 is 0 Å². The van der Waals surface area contributed by atoms with Gasteiger partial charge in [0.25, 0.3) is 0 Å². The average molecular weight is 531 g/mol. The number of hydrogen-bond donors (Lipinski definition) is 2. The van der Waals surface area contributed by atoms with Crippen molar-refractivity contribution in [3.05, 3.63) is 58.9 Å². The van der Waals surface area contributed by atoms with Gasteiger partial charge in [-0.25, -0.2) is 4.98 Å². The molecule has 3 aromatic rings. The van der Waals surface area contributed by atoms with Crippen molar-refractivity contribution < 1.29 is 9.59 Å². The number of nitrogens with one attached hydrogen (secondary N) is 1. The predicted octanol–water partition coefficient (Wildman–Crippen LogP) is 6.43. The van der Waals surface area contributed by atoms with Crippen molar-refractivity contribution >= 4 is 29.0 Å². The van der Waals surface area contributed by atoms with Crippen molar-refractivity contribution in [1.82, 2.24) is 9.88 Å². The number of nitrogens with zero attached hydrogens (tertiary/aromatic N) is 2. The van der Waals surface area contributed by atoms with Crippen molar-refractivity contribution in [3.8, 4) is 22.3 Å². The second-order valence-corrected chi connectivity index (χ2v) is 12.4. The van der Waals surface area contributed by atoms with Crippen molar-refractivity contribution in [2.45, 2.75) is 70.4 Å². The SMILES string of the molecule is CN(C(=O)C1CC1)C1CCC(CC(=O)Nc2cc(-c3ccsc3)c(-c3ccc(C(C)(C)N)cc3)cn2)CC1. The quantitative estimate of drug-likeness (QED) is 0.351. The van der Waals surface area contributed by atoms with Crippen molar-refractivity contribution in [3.63, 3.8) is 0 Å². The molecule has 2 amide bonds. The maximum Gasteiger partial charge on any atom is 0.225 e. The van der Waals surface area contributed by atoms with Crippen molar-refractivity contribution in [1.29, 1.82) is 0 Å². The van der Waals surface area contributed by atoms with Crippen LogP contribution in [0.15, 0.2) is 53.4 Å². The zero-order chi connectivity index (χ0) is 26.9. The summed E-state index contributed by atoms with van der Waals surface area (Å²) in [6, 6.07) is 12.7. The first-order valence-electron chi connectivity index (χ1n) is 13.7. The molecule has 5 rings (SSSR count). The Bertz CT molecular complexity index is 1270. The number of benzene rings is 1. The van der Waals surface area contributed by atoms with Crippen LogP contribution in [0.25, 0.3) is 22.3 Å². The Morgan fingerprint density at radius 1 is 1.03 bits per heavy atom. The fourth-order valence-electron chi connectivity index (χ4n) is 5.48. The molecule has 0 unspecified atom stereocenters. The van der Waals surface area contributed by atoms with Gasteiger partial charge < -0.3 is 16.0 Å². The van der Waals surface area contributed by atoms with E-state index in [1.165, 1.54) is 0 Å². The van der Waals surface area contributed by atoms with Gasteiger partial charge >= 0.3 is 0 Å². The summed E-state index contributed by atoms with van der Waals surface area (Å²) in [7, 11) is 1.95. The number of carbonyl (C=O) groups excluding carboxylic acids is 2. The summed E-state index contributed by atoms with van der Waals surface area (Å²) in [4.78, 5) is 31.9. The van der Waals surface area contributed by atoms with E-state index in [0.29, 0.717) is 30.1 Å². The molecule has 3 N–H and O–H groups in total. The van der Waals surface area contributed by atoms with E-state index < -0.39 is 5.54 Å². The van der Waals surface area contributed by atoms with Crippen LogP contribution in [0.4, 0.5) is 5.82 Å². The third kappa shape index (κ3) is 6.16. The van der Waals surface area contributed by atoms with Crippen LogP contribution < -0.4 is 11.1 Å². The first kappa shape index (κ1) is 26.6. The van der Waals surface area contributed by atoms with Crippen LogP contribution >= 0.6 is 11.3 Å². The molecular formula is C31H38N4O2S. The molecule has 38 heavy (non-hydrogen) atoms. The Labute approximate surface area is 229 Å². The molecule has 200 valence electrons. The number of anilines is 1. The summed E-state index contributed by atoms with van der Waals surface area (Å²) >= 11 is 1.65. The third-order valence-electron chi connectivity index (χ3n) is 8.06. The van der Waals surface area contributed by atoms with E-state index in [4.69, 9.17) is 5.73 Å². The average Bonchev–Trinajstić information content (AvgIpc) is 3.61. The van der Waals surface area contributed by atoms with Gasteiger partial charge in [-0.05, 0) is 103 Å². The molecule has 1 aromatic carbocycles. The Morgan fingerprint density at radius 2 is 1.74 bits per heavy atom. The highest BCUT2D eigenvalue weighted by atomic mass is 32.1. The molecule has 7 heteroatoms. The van der Waals surface area contributed by atoms with Crippen molar-refractivity contribution in [2.75, 3.05) is 12.4 Å². The van der Waals surface area contributed by atoms with E-state index in [0.717, 1.165) is 66.3 Å². The van der Waals surface area contributed by atoms with E-state index in [9.17, 15) is 9.59 Å². The Balaban J connectivity index is 1.24. The number of hydrogen-bond acceptors (Lipinski definition) is 5. The van der Waals surface area contributed by atoms with E-state index in [1.54, 1.807) is 11.3 Å². The highest BCUT2D eigenvalue weighted by Gasteiger charge is 2.36. The normalized spacial score (nSPS) is 19.7. The van der Waals surface area contributed by atoms with Crippen LogP contribution in [0.1, 0.15) is 64.4 Å². The summed E-state index contributed by atoms with van der Waals surface area (Å²) in [5.41, 5.74) is 11.2. The van der Waals surface area contributed by atoms with Crippen LogP contribution in [0.2, 0.25) is 0 Å². The first-order valence-corrected chi connectivity index (χ1v) is 14.6. The Hall–Kier alpha value is -3.03. The monoisotopic (exact) mass is 530 g/mol. The van der Waals surface area contributed by atoms with E-state index in [2.05, 4.69) is 51.4 Å². The summed E-state index contributed by atoms with van der Waals surface area (Å²) in [6.45, 7) is 4.00. The third-order valence-corrected chi connectivity index (χ3v) is 8.74. The molecule has 0 radical (unpaired) electrons. The maximum absolute atomic E-state index is 13.0. The lowest BCUT2D eigenvalue weighted by Crippen LogP contribution is -2.40. The second kappa shape index (κ2) is 11.0. The molecule has 2 aliphatic carbocycles. The number of amides is 2. The molecule has 2 fully saturated rings. The number of thiophene rings is 1. The molecule has 0 bridgehead atoms. The molecule has 2 aliphatic rings. The van der Waals surface area contributed by atoms with Gasteiger partial charge in [-0.3, -0.25) is 9.59 Å². The van der Waals surface area contributed by atoms with Crippen LogP contribution in [-0.4, -0.2) is 34.8 Å². The topological polar surface area (TPSA) is 88.3 Å². The molecule has 0 saturated heterocycles. The lowest BCUT2D eigenvalue weighted by molar-refractivity contribution is -0.134. The van der Waals surface area contributed by atoms with Crippen LogP contribution in [0.5, 0.6) is 0 Å². The zero-order valence-electron chi connectivity index (χ0n) is 22.6. The lowest BCUT2D eigenvalue weighted by Gasteiger charge is -2.34. The standard InChI is InChI=1S/C31H38N4O2S/c1-31(2,32)24-10-8-21(9-11-24)27-18-33-28(17-26(27)23-14-15-38-19-23)34-29(36)16-20-4-12-25(13-5-20)35(3)30(37)22-6-7-22/h8-11,14-15,17-20,22,25H,4-7,12-13,16,32H2,1-3H3,(H,33,34,36). The fraction of sp³-hybridized carbons (Fsp3) is 0.452. The second-order valence-electron chi connectivity index (χ2n) is 11.6. The molecule has 0 atom stereocenters. The minimum Gasteiger partial charge on any atom is -0.343 e. The van der Waals surface area contributed by atoms with Crippen LogP contribution in [-0.2, 0) is 15.1 Å². The number of aromatic nitrogens is 1. The number of carbonyl (C=O) groups is 2. The molecule has 2 heterocycles. The molecule has 2 aromatic heterocycles. The van der Waals surface area contributed by atoms with Gasteiger partial charge in [0.2, 0.25) is 11.8 Å². The largest absolute Gasteiger partial charge is 0.343 e. The van der Waals surface area contributed by atoms with Crippen LogP contribution in [0, 0.1) is 11.8 Å². The van der Waals surface area contributed by atoms with Gasteiger partial charge in [0.15, 0.2) is 0 Å². The summed E-state index contributed by atoms with van der Waals surface area (Å²) < 4.78 is 0. The first-order chi connectivity index (χ1) is 18.2. The Morgan fingerprint density at radius 3 is 2.34 bits per heavy atom. The number of rotatable bonds is 8. The maximum atomic E-state index is 13.0. The molecule has 6 nitrogen and oxygen atoms in total. The fourth-order valence-corrected chi connectivity index (χ4v) is 6.14. The molecule has 0 spiro atoms. The Kier molecular flexibility index (Phi) is 7.68. The lowest BCUT2D eigenvalue weighted by atomic mass is 9.83. The van der Waals surface area contributed by atoms with Gasteiger partial charge in [-0.15, -0.1) is 0 Å². The minimum atomic E-state index is -0.399. The number of pyridine rings is 1. The zero-order valence-corrected chi connectivity index (χ0v) is 23.4. The van der Waals surface area contributed by atoms with Gasteiger partial charge in [0.05, 0.1) is 0 Å². The van der Waals surface area contributed by atoms with Crippen LogP contribution in [0.3, 0.4) is 0 Å².